The number of halogens is 1. The minimum atomic E-state index is -1.03. The second-order valence-corrected chi connectivity index (χ2v) is 4.51. The van der Waals surface area contributed by atoms with Crippen LogP contribution in [0.4, 0.5) is 0 Å². The van der Waals surface area contributed by atoms with Gasteiger partial charge in [-0.3, -0.25) is 9.59 Å². The lowest BCUT2D eigenvalue weighted by atomic mass is 10.1. The summed E-state index contributed by atoms with van der Waals surface area (Å²) in [5, 5.41) is 9.15. The molecule has 0 aromatic heterocycles. The molecule has 5 heteroatoms. The van der Waals surface area contributed by atoms with Gasteiger partial charge in [-0.15, -0.1) is 0 Å². The Hall–Kier alpha value is -1.55. The Morgan fingerprint density at radius 2 is 2.06 bits per heavy atom. The van der Waals surface area contributed by atoms with Crippen LogP contribution in [-0.2, 0) is 4.79 Å². The Morgan fingerprint density at radius 3 is 2.56 bits per heavy atom. The van der Waals surface area contributed by atoms with Crippen molar-refractivity contribution in [2.24, 2.45) is 0 Å². The Balaban J connectivity index is 2.97. The molecule has 0 radical (unpaired) electrons. The smallest absolute Gasteiger partial charge is 0.323 e. The number of aryl methyl sites for hydroxylation is 1. The van der Waals surface area contributed by atoms with Gasteiger partial charge in [-0.1, -0.05) is 24.6 Å². The number of aliphatic carboxylic acids is 1. The third-order valence-corrected chi connectivity index (χ3v) is 2.77. The van der Waals surface area contributed by atoms with Gasteiger partial charge in [0.1, 0.15) is 6.54 Å². The Labute approximate surface area is 111 Å². The molecule has 0 bridgehead atoms. The summed E-state index contributed by atoms with van der Waals surface area (Å²) < 4.78 is 0. The number of nitrogens with zero attached hydrogens (tertiary/aromatic N) is 1. The molecule has 1 rings (SSSR count). The molecule has 0 spiro atoms. The van der Waals surface area contributed by atoms with Crippen molar-refractivity contribution in [1.29, 1.82) is 0 Å². The van der Waals surface area contributed by atoms with Crippen LogP contribution >= 0.6 is 11.6 Å². The van der Waals surface area contributed by atoms with Crippen molar-refractivity contribution in [3.8, 4) is 0 Å². The molecule has 0 aliphatic rings. The summed E-state index contributed by atoms with van der Waals surface area (Å²) >= 11 is 6.01. The van der Waals surface area contributed by atoms with Crippen molar-refractivity contribution >= 4 is 23.5 Å². The number of rotatable bonds is 5. The Bertz CT molecular complexity index is 460. The molecule has 0 fully saturated rings. The van der Waals surface area contributed by atoms with Gasteiger partial charge in [0, 0.05) is 6.54 Å². The molecule has 1 aromatic carbocycles. The number of carbonyl (C=O) groups excluding carboxylic acids is 1. The number of carbonyl (C=O) groups is 2. The maximum Gasteiger partial charge on any atom is 0.323 e. The highest BCUT2D eigenvalue weighted by atomic mass is 35.5. The summed E-state index contributed by atoms with van der Waals surface area (Å²) in [5.41, 5.74) is 1.30. The highest BCUT2D eigenvalue weighted by molar-refractivity contribution is 6.33. The lowest BCUT2D eigenvalue weighted by molar-refractivity contribution is -0.137. The van der Waals surface area contributed by atoms with Crippen molar-refractivity contribution in [2.45, 2.75) is 20.3 Å². The maximum atomic E-state index is 12.2. The molecule has 0 aliphatic heterocycles. The number of hydrogen-bond acceptors (Lipinski definition) is 2. The first kappa shape index (κ1) is 14.5. The summed E-state index contributed by atoms with van der Waals surface area (Å²) in [6.07, 6.45) is 0.697. The van der Waals surface area contributed by atoms with Crippen molar-refractivity contribution in [1.82, 2.24) is 4.90 Å². The van der Waals surface area contributed by atoms with Gasteiger partial charge in [0.15, 0.2) is 0 Å². The zero-order valence-electron chi connectivity index (χ0n) is 10.4. The predicted octanol–water partition coefficient (Wildman–Crippen LogP) is 2.59. The zero-order valence-corrected chi connectivity index (χ0v) is 11.2. The molecule has 1 amide bonds. The molecule has 0 saturated heterocycles. The van der Waals surface area contributed by atoms with E-state index in [0.29, 0.717) is 23.6 Å². The van der Waals surface area contributed by atoms with Crippen LogP contribution in [0.3, 0.4) is 0 Å². The van der Waals surface area contributed by atoms with E-state index >= 15 is 0 Å². The molecule has 4 nitrogen and oxygen atoms in total. The fourth-order valence-electron chi connectivity index (χ4n) is 1.65. The quantitative estimate of drug-likeness (QED) is 0.894. The Kier molecular flexibility index (Phi) is 5.16. The number of carboxylic acid groups (broad SMARTS) is 1. The summed E-state index contributed by atoms with van der Waals surface area (Å²) in [6, 6.07) is 5.11. The first-order valence-electron chi connectivity index (χ1n) is 5.73. The van der Waals surface area contributed by atoms with E-state index in [-0.39, 0.29) is 12.5 Å². The minimum Gasteiger partial charge on any atom is -0.480 e. The molecule has 0 heterocycles. The SMILES string of the molecule is CCCN(CC(=O)O)C(=O)c1ccc(C)cc1Cl. The first-order chi connectivity index (χ1) is 8.45. The zero-order chi connectivity index (χ0) is 13.7. The fraction of sp³-hybridized carbons (Fsp3) is 0.385. The highest BCUT2D eigenvalue weighted by Crippen LogP contribution is 2.19. The normalized spacial score (nSPS) is 10.2. The summed E-state index contributed by atoms with van der Waals surface area (Å²) in [7, 11) is 0. The van der Waals surface area contributed by atoms with E-state index in [2.05, 4.69) is 0 Å². The van der Waals surface area contributed by atoms with Gasteiger partial charge in [-0.05, 0) is 31.0 Å². The fourth-order valence-corrected chi connectivity index (χ4v) is 1.97. The van der Waals surface area contributed by atoms with Gasteiger partial charge in [0.25, 0.3) is 5.91 Å². The van der Waals surface area contributed by atoms with Crippen molar-refractivity contribution in [2.75, 3.05) is 13.1 Å². The molecule has 1 aromatic rings. The monoisotopic (exact) mass is 269 g/mol. The van der Waals surface area contributed by atoms with Gasteiger partial charge in [-0.25, -0.2) is 0 Å². The van der Waals surface area contributed by atoms with Crippen LogP contribution in [0, 0.1) is 6.92 Å². The third kappa shape index (κ3) is 3.74. The van der Waals surface area contributed by atoms with Crippen LogP contribution in [0.25, 0.3) is 0 Å². The Morgan fingerprint density at radius 1 is 1.39 bits per heavy atom. The summed E-state index contributed by atoms with van der Waals surface area (Å²) in [5.74, 6) is -1.37. The van der Waals surface area contributed by atoms with Crippen LogP contribution in [-0.4, -0.2) is 35.0 Å². The third-order valence-electron chi connectivity index (χ3n) is 2.46. The van der Waals surface area contributed by atoms with Gasteiger partial charge in [0.2, 0.25) is 0 Å². The van der Waals surface area contributed by atoms with Crippen LogP contribution in [0.1, 0.15) is 29.3 Å². The number of amides is 1. The van der Waals surface area contributed by atoms with Crippen molar-refractivity contribution in [3.63, 3.8) is 0 Å². The lowest BCUT2D eigenvalue weighted by Gasteiger charge is -2.20. The van der Waals surface area contributed by atoms with E-state index < -0.39 is 5.97 Å². The van der Waals surface area contributed by atoms with Gasteiger partial charge >= 0.3 is 5.97 Å². The molecular weight excluding hydrogens is 254 g/mol. The van der Waals surface area contributed by atoms with Crippen LogP contribution in [0.5, 0.6) is 0 Å². The largest absolute Gasteiger partial charge is 0.480 e. The average Bonchev–Trinajstić information content (AvgIpc) is 2.27. The number of carboxylic acids is 1. The van der Waals surface area contributed by atoms with Crippen molar-refractivity contribution < 1.29 is 14.7 Å². The predicted molar refractivity (Wildman–Crippen MR) is 70.0 cm³/mol. The van der Waals surface area contributed by atoms with Crippen molar-refractivity contribution in [3.05, 3.63) is 34.3 Å². The van der Waals surface area contributed by atoms with E-state index in [4.69, 9.17) is 16.7 Å². The molecule has 0 atom stereocenters. The molecule has 18 heavy (non-hydrogen) atoms. The second kappa shape index (κ2) is 6.40. The molecule has 1 N–H and O–H groups in total. The van der Waals surface area contributed by atoms with Gasteiger partial charge < -0.3 is 10.0 Å². The molecular formula is C13H16ClNO3. The van der Waals surface area contributed by atoms with Crippen LogP contribution in [0.2, 0.25) is 5.02 Å². The minimum absolute atomic E-state index is 0.309. The first-order valence-corrected chi connectivity index (χ1v) is 6.10. The highest BCUT2D eigenvalue weighted by Gasteiger charge is 2.19. The molecule has 98 valence electrons. The maximum absolute atomic E-state index is 12.2. The topological polar surface area (TPSA) is 57.6 Å². The second-order valence-electron chi connectivity index (χ2n) is 4.10. The van der Waals surface area contributed by atoms with Crippen LogP contribution < -0.4 is 0 Å². The molecule has 0 unspecified atom stereocenters. The number of hydrogen-bond donors (Lipinski definition) is 1. The summed E-state index contributed by atoms with van der Waals surface area (Å²) in [4.78, 5) is 24.2. The van der Waals surface area contributed by atoms with Gasteiger partial charge in [0.05, 0.1) is 10.6 Å². The van der Waals surface area contributed by atoms with E-state index in [1.54, 1.807) is 18.2 Å². The van der Waals surface area contributed by atoms with E-state index in [9.17, 15) is 9.59 Å². The average molecular weight is 270 g/mol. The standard InChI is InChI=1S/C13H16ClNO3/c1-3-6-15(8-12(16)17)13(18)10-5-4-9(2)7-11(10)14/h4-5,7H,3,6,8H2,1-2H3,(H,16,17). The van der Waals surface area contributed by atoms with E-state index in [1.807, 2.05) is 13.8 Å². The molecule has 0 aliphatic carbocycles. The van der Waals surface area contributed by atoms with E-state index in [0.717, 1.165) is 5.56 Å². The van der Waals surface area contributed by atoms with E-state index in [1.165, 1.54) is 4.90 Å². The van der Waals surface area contributed by atoms with Crippen LogP contribution in [0.15, 0.2) is 18.2 Å². The number of benzene rings is 1. The van der Waals surface area contributed by atoms with Gasteiger partial charge in [-0.2, -0.15) is 0 Å². The summed E-state index contributed by atoms with van der Waals surface area (Å²) in [6.45, 7) is 3.85. The lowest BCUT2D eigenvalue weighted by Crippen LogP contribution is -2.36. The molecule has 0 saturated carbocycles.